The maximum Gasteiger partial charge on any atom is 0.251 e. The molecule has 1 fully saturated rings. The molecule has 1 aromatic heterocycles. The van der Waals surface area contributed by atoms with Crippen LogP contribution in [0.5, 0.6) is 0 Å². The van der Waals surface area contributed by atoms with Crippen LogP contribution in [0.25, 0.3) is 5.69 Å². The van der Waals surface area contributed by atoms with Gasteiger partial charge in [-0.15, -0.1) is 0 Å². The number of benzene rings is 1. The molecule has 1 unspecified atom stereocenters. The van der Waals surface area contributed by atoms with Gasteiger partial charge in [-0.1, -0.05) is 0 Å². The highest BCUT2D eigenvalue weighted by Gasteiger charge is 2.22. The van der Waals surface area contributed by atoms with E-state index in [1.54, 1.807) is 10.9 Å². The van der Waals surface area contributed by atoms with Crippen LogP contribution in [-0.2, 0) is 0 Å². The lowest BCUT2D eigenvalue weighted by Crippen LogP contribution is -2.43. The number of likely N-dealkylation sites (tertiary alicyclic amines) is 1. The molecule has 0 bridgehead atoms. The highest BCUT2D eigenvalue weighted by Crippen LogP contribution is 2.18. The summed E-state index contributed by atoms with van der Waals surface area (Å²) in [5.74, 6) is 0.538. The minimum absolute atomic E-state index is 0.00475. The van der Waals surface area contributed by atoms with Gasteiger partial charge in [-0.3, -0.25) is 4.79 Å². The van der Waals surface area contributed by atoms with E-state index in [1.165, 1.54) is 19.4 Å². The third-order valence-electron chi connectivity index (χ3n) is 4.78. The summed E-state index contributed by atoms with van der Waals surface area (Å²) in [5, 5.41) is 7.34. The lowest BCUT2D eigenvalue weighted by Gasteiger charge is -2.35. The molecular formula is C19H25BrN4O. The van der Waals surface area contributed by atoms with Crippen LogP contribution in [0.1, 0.15) is 37.0 Å². The van der Waals surface area contributed by atoms with Crippen LogP contribution in [0, 0.1) is 5.92 Å². The average Bonchev–Trinajstić information content (AvgIpc) is 3.06. The van der Waals surface area contributed by atoms with Crippen molar-refractivity contribution in [3.63, 3.8) is 0 Å². The Balaban J connectivity index is 1.54. The largest absolute Gasteiger partial charge is 0.352 e. The normalized spacial score (nSPS) is 18.5. The Morgan fingerprint density at radius 3 is 2.76 bits per heavy atom. The Labute approximate surface area is 157 Å². The van der Waals surface area contributed by atoms with E-state index in [1.807, 2.05) is 30.5 Å². The molecular weight excluding hydrogens is 380 g/mol. The number of halogens is 1. The van der Waals surface area contributed by atoms with Crippen LogP contribution < -0.4 is 5.32 Å². The number of amides is 1. The summed E-state index contributed by atoms with van der Waals surface area (Å²) >= 11 is 3.39. The molecule has 25 heavy (non-hydrogen) atoms. The summed E-state index contributed by atoms with van der Waals surface area (Å²) in [4.78, 5) is 14.9. The number of piperidine rings is 1. The van der Waals surface area contributed by atoms with Crippen molar-refractivity contribution >= 4 is 21.8 Å². The van der Waals surface area contributed by atoms with E-state index in [-0.39, 0.29) is 5.91 Å². The van der Waals surface area contributed by atoms with Crippen LogP contribution >= 0.6 is 15.9 Å². The molecule has 2 heterocycles. The fourth-order valence-electron chi connectivity index (χ4n) is 3.28. The van der Waals surface area contributed by atoms with E-state index >= 15 is 0 Å². The smallest absolute Gasteiger partial charge is 0.251 e. The zero-order valence-corrected chi connectivity index (χ0v) is 16.4. The van der Waals surface area contributed by atoms with Gasteiger partial charge in [-0.25, -0.2) is 4.68 Å². The lowest BCUT2D eigenvalue weighted by molar-refractivity contribution is 0.0922. The van der Waals surface area contributed by atoms with E-state index in [0.29, 0.717) is 17.5 Å². The third kappa shape index (κ3) is 4.70. The highest BCUT2D eigenvalue weighted by molar-refractivity contribution is 9.10. The topological polar surface area (TPSA) is 50.2 Å². The second kappa shape index (κ2) is 8.15. The number of carbonyl (C=O) groups excluding carboxylic acids is 1. The van der Waals surface area contributed by atoms with Crippen molar-refractivity contribution in [1.29, 1.82) is 0 Å². The molecule has 1 aliphatic rings. The van der Waals surface area contributed by atoms with Crippen molar-refractivity contribution in [2.75, 3.05) is 19.6 Å². The van der Waals surface area contributed by atoms with Gasteiger partial charge in [0, 0.05) is 30.9 Å². The van der Waals surface area contributed by atoms with E-state index in [9.17, 15) is 4.79 Å². The van der Waals surface area contributed by atoms with E-state index in [2.05, 4.69) is 45.1 Å². The molecule has 6 heteroatoms. The second-order valence-corrected chi connectivity index (χ2v) is 7.87. The van der Waals surface area contributed by atoms with Gasteiger partial charge in [0.1, 0.15) is 0 Å². The first-order valence-corrected chi connectivity index (χ1v) is 9.65. The van der Waals surface area contributed by atoms with Crippen LogP contribution in [0.15, 0.2) is 41.1 Å². The standard InChI is InChI=1S/C19H25BrN4O/c1-14(2)23-9-3-4-15(12-23)10-21-19(25)16-5-7-18(8-6-16)24-13-17(20)11-22-24/h5-8,11,13-15H,3-4,9-10,12H2,1-2H3,(H,21,25). The van der Waals surface area contributed by atoms with Gasteiger partial charge >= 0.3 is 0 Å². The predicted molar refractivity (Wildman–Crippen MR) is 103 cm³/mol. The highest BCUT2D eigenvalue weighted by atomic mass is 79.9. The summed E-state index contributed by atoms with van der Waals surface area (Å²) in [5.41, 5.74) is 1.62. The van der Waals surface area contributed by atoms with Gasteiger partial charge in [-0.05, 0) is 79.3 Å². The predicted octanol–water partition coefficient (Wildman–Crippen LogP) is 3.49. The second-order valence-electron chi connectivity index (χ2n) is 6.96. The summed E-state index contributed by atoms with van der Waals surface area (Å²) in [6, 6.07) is 8.10. The summed E-state index contributed by atoms with van der Waals surface area (Å²) in [6.45, 7) is 7.47. The van der Waals surface area contributed by atoms with Crippen molar-refractivity contribution in [3.8, 4) is 5.69 Å². The Kier molecular flexibility index (Phi) is 5.91. The molecule has 0 radical (unpaired) electrons. The SMILES string of the molecule is CC(C)N1CCCC(CNC(=O)c2ccc(-n3cc(Br)cn3)cc2)C1. The third-order valence-corrected chi connectivity index (χ3v) is 5.19. The molecule has 1 N–H and O–H groups in total. The number of nitrogens with zero attached hydrogens (tertiary/aromatic N) is 3. The van der Waals surface area contributed by atoms with Gasteiger partial charge < -0.3 is 10.2 Å². The van der Waals surface area contributed by atoms with Gasteiger partial charge in [0.05, 0.1) is 16.4 Å². The molecule has 1 aromatic carbocycles. The fourth-order valence-corrected chi connectivity index (χ4v) is 3.57. The summed E-state index contributed by atoms with van der Waals surface area (Å²) in [6.07, 6.45) is 6.04. The van der Waals surface area contributed by atoms with E-state index in [4.69, 9.17) is 0 Å². The van der Waals surface area contributed by atoms with Crippen molar-refractivity contribution in [2.24, 2.45) is 5.92 Å². The number of aromatic nitrogens is 2. The Bertz CT molecular complexity index is 710. The van der Waals surface area contributed by atoms with Crippen LogP contribution in [-0.4, -0.2) is 46.3 Å². The molecule has 5 nitrogen and oxygen atoms in total. The Hall–Kier alpha value is -1.66. The van der Waals surface area contributed by atoms with Crippen molar-refractivity contribution in [1.82, 2.24) is 20.0 Å². The number of hydrogen-bond acceptors (Lipinski definition) is 3. The van der Waals surface area contributed by atoms with Crippen LogP contribution in [0.3, 0.4) is 0 Å². The Morgan fingerprint density at radius 1 is 1.36 bits per heavy atom. The zero-order chi connectivity index (χ0) is 17.8. The molecule has 0 aliphatic carbocycles. The van der Waals surface area contributed by atoms with Gasteiger partial charge in [0.25, 0.3) is 5.91 Å². The molecule has 1 aliphatic heterocycles. The van der Waals surface area contributed by atoms with Gasteiger partial charge in [0.15, 0.2) is 0 Å². The van der Waals surface area contributed by atoms with Gasteiger partial charge in [0.2, 0.25) is 0 Å². The first-order valence-electron chi connectivity index (χ1n) is 8.86. The van der Waals surface area contributed by atoms with E-state index < -0.39 is 0 Å². The molecule has 1 amide bonds. The molecule has 3 rings (SSSR count). The van der Waals surface area contributed by atoms with E-state index in [0.717, 1.165) is 23.2 Å². The number of hydrogen-bond donors (Lipinski definition) is 1. The number of nitrogens with one attached hydrogen (secondary N) is 1. The fraction of sp³-hybridized carbons (Fsp3) is 0.474. The van der Waals surface area contributed by atoms with Crippen molar-refractivity contribution in [3.05, 3.63) is 46.7 Å². The Morgan fingerprint density at radius 2 is 2.12 bits per heavy atom. The quantitative estimate of drug-likeness (QED) is 0.829. The number of carbonyl (C=O) groups is 1. The minimum Gasteiger partial charge on any atom is -0.352 e. The average molecular weight is 405 g/mol. The van der Waals surface area contributed by atoms with Crippen molar-refractivity contribution < 1.29 is 4.79 Å². The molecule has 2 aromatic rings. The molecule has 0 spiro atoms. The zero-order valence-electron chi connectivity index (χ0n) is 14.8. The summed E-state index contributed by atoms with van der Waals surface area (Å²) < 4.78 is 2.70. The number of rotatable bonds is 5. The first-order chi connectivity index (χ1) is 12.0. The molecule has 134 valence electrons. The van der Waals surface area contributed by atoms with Crippen molar-refractivity contribution in [2.45, 2.75) is 32.7 Å². The van der Waals surface area contributed by atoms with Gasteiger partial charge in [-0.2, -0.15) is 5.10 Å². The maximum atomic E-state index is 12.4. The monoisotopic (exact) mass is 404 g/mol. The van der Waals surface area contributed by atoms with Crippen LogP contribution in [0.2, 0.25) is 0 Å². The maximum absolute atomic E-state index is 12.4. The lowest BCUT2D eigenvalue weighted by atomic mass is 9.97. The molecule has 1 atom stereocenters. The first kappa shape index (κ1) is 18.1. The molecule has 0 saturated carbocycles. The van der Waals surface area contributed by atoms with Crippen LogP contribution in [0.4, 0.5) is 0 Å². The minimum atomic E-state index is -0.00475. The molecule has 1 saturated heterocycles. The summed E-state index contributed by atoms with van der Waals surface area (Å²) in [7, 11) is 0.